The van der Waals surface area contributed by atoms with Crippen LogP contribution in [-0.4, -0.2) is 32.3 Å². The minimum absolute atomic E-state index is 0.0608. The van der Waals surface area contributed by atoms with E-state index >= 15 is 0 Å². The summed E-state index contributed by atoms with van der Waals surface area (Å²) in [6, 6.07) is 7.40. The van der Waals surface area contributed by atoms with Gasteiger partial charge in [-0.15, -0.1) is 0 Å². The Labute approximate surface area is 114 Å². The predicted octanol–water partition coefficient (Wildman–Crippen LogP) is 1.24. The van der Waals surface area contributed by atoms with E-state index in [1.54, 1.807) is 14.0 Å². The first-order valence-corrected chi connectivity index (χ1v) is 6.33. The van der Waals surface area contributed by atoms with Crippen LogP contribution in [0.2, 0.25) is 0 Å². The summed E-state index contributed by atoms with van der Waals surface area (Å²) in [7, 11) is 1.59. The zero-order valence-electron chi connectivity index (χ0n) is 11.7. The second-order valence-electron chi connectivity index (χ2n) is 4.41. The van der Waals surface area contributed by atoms with E-state index in [2.05, 4.69) is 5.32 Å². The van der Waals surface area contributed by atoms with Crippen LogP contribution in [0.5, 0.6) is 5.75 Å². The lowest BCUT2D eigenvalue weighted by molar-refractivity contribution is -0.127. The Hall–Kier alpha value is -1.59. The minimum Gasteiger partial charge on any atom is -0.481 e. The summed E-state index contributed by atoms with van der Waals surface area (Å²) in [6.07, 6.45) is -0.555. The van der Waals surface area contributed by atoms with E-state index in [0.717, 1.165) is 5.56 Å². The highest BCUT2D eigenvalue weighted by atomic mass is 16.5. The maximum atomic E-state index is 11.7. The van der Waals surface area contributed by atoms with Crippen molar-refractivity contribution >= 4 is 5.91 Å². The van der Waals surface area contributed by atoms with Crippen LogP contribution >= 0.6 is 0 Å². The number of rotatable bonds is 7. The number of ether oxygens (including phenoxy) is 2. The van der Waals surface area contributed by atoms with E-state index in [9.17, 15) is 4.79 Å². The fourth-order valence-corrected chi connectivity index (χ4v) is 1.55. The molecular formula is C14H22N2O3. The number of methoxy groups -OCH3 is 1. The van der Waals surface area contributed by atoms with Crippen molar-refractivity contribution in [2.24, 2.45) is 5.73 Å². The zero-order valence-corrected chi connectivity index (χ0v) is 11.7. The monoisotopic (exact) mass is 266 g/mol. The topological polar surface area (TPSA) is 73.6 Å². The second kappa shape index (κ2) is 7.76. The molecule has 0 spiro atoms. The minimum atomic E-state index is -0.555. The number of hydrogen-bond donors (Lipinski definition) is 2. The smallest absolute Gasteiger partial charge is 0.260 e. The van der Waals surface area contributed by atoms with Gasteiger partial charge < -0.3 is 20.5 Å². The summed E-state index contributed by atoms with van der Waals surface area (Å²) in [5, 5.41) is 2.73. The first-order valence-electron chi connectivity index (χ1n) is 6.33. The van der Waals surface area contributed by atoms with Crippen molar-refractivity contribution in [3.8, 4) is 5.75 Å². The van der Waals surface area contributed by atoms with Crippen molar-refractivity contribution in [2.45, 2.75) is 26.0 Å². The maximum Gasteiger partial charge on any atom is 0.260 e. The van der Waals surface area contributed by atoms with Gasteiger partial charge in [-0.25, -0.2) is 0 Å². The number of benzene rings is 1. The molecule has 1 aromatic carbocycles. The largest absolute Gasteiger partial charge is 0.481 e. The van der Waals surface area contributed by atoms with Crippen LogP contribution in [0.4, 0.5) is 0 Å². The molecule has 0 aliphatic heterocycles. The van der Waals surface area contributed by atoms with Crippen molar-refractivity contribution in [1.29, 1.82) is 0 Å². The molecule has 2 atom stereocenters. The Morgan fingerprint density at radius 1 is 1.42 bits per heavy atom. The van der Waals surface area contributed by atoms with Gasteiger partial charge in [0.15, 0.2) is 6.10 Å². The van der Waals surface area contributed by atoms with Crippen molar-refractivity contribution < 1.29 is 14.3 Å². The third-order valence-corrected chi connectivity index (χ3v) is 2.67. The van der Waals surface area contributed by atoms with Gasteiger partial charge in [0.05, 0.1) is 6.61 Å². The van der Waals surface area contributed by atoms with Gasteiger partial charge in [0.1, 0.15) is 5.75 Å². The van der Waals surface area contributed by atoms with Gasteiger partial charge in [-0.3, -0.25) is 4.79 Å². The van der Waals surface area contributed by atoms with Gasteiger partial charge in [-0.1, -0.05) is 12.1 Å². The highest BCUT2D eigenvalue weighted by molar-refractivity contribution is 5.80. The maximum absolute atomic E-state index is 11.7. The first kappa shape index (κ1) is 15.5. The average Bonchev–Trinajstić information content (AvgIpc) is 2.39. The molecule has 106 valence electrons. The summed E-state index contributed by atoms with van der Waals surface area (Å²) >= 11 is 0. The molecule has 0 aliphatic carbocycles. The van der Waals surface area contributed by atoms with E-state index in [-0.39, 0.29) is 11.9 Å². The molecule has 19 heavy (non-hydrogen) atoms. The molecule has 5 nitrogen and oxygen atoms in total. The molecule has 1 unspecified atom stereocenters. The highest BCUT2D eigenvalue weighted by Gasteiger charge is 2.14. The Kier molecular flexibility index (Phi) is 6.32. The lowest BCUT2D eigenvalue weighted by atomic mass is 10.1. The molecule has 0 fully saturated rings. The second-order valence-corrected chi connectivity index (χ2v) is 4.41. The lowest BCUT2D eigenvalue weighted by Gasteiger charge is -2.15. The Bertz CT molecular complexity index is 407. The van der Waals surface area contributed by atoms with E-state index in [1.807, 2.05) is 31.2 Å². The molecule has 0 saturated heterocycles. The number of nitrogens with two attached hydrogens (primary N) is 1. The molecule has 0 heterocycles. The number of carbonyl (C=O) groups excluding carboxylic acids is 1. The van der Waals surface area contributed by atoms with Crippen LogP contribution < -0.4 is 15.8 Å². The van der Waals surface area contributed by atoms with Crippen LogP contribution in [0, 0.1) is 0 Å². The molecule has 0 bridgehead atoms. The molecule has 0 aromatic heterocycles. The fourth-order valence-electron chi connectivity index (χ4n) is 1.55. The molecule has 1 rings (SSSR count). The summed E-state index contributed by atoms with van der Waals surface area (Å²) in [5.74, 6) is 0.479. The SMILES string of the molecule is COCCNC(=O)C(C)Oc1cccc([C@H](C)N)c1. The number of carbonyl (C=O) groups is 1. The van der Waals surface area contributed by atoms with Gasteiger partial charge in [-0.05, 0) is 31.5 Å². The van der Waals surface area contributed by atoms with Crippen molar-refractivity contribution in [1.82, 2.24) is 5.32 Å². The van der Waals surface area contributed by atoms with Gasteiger partial charge in [0.2, 0.25) is 0 Å². The molecule has 0 aliphatic rings. The Morgan fingerprint density at radius 2 is 2.16 bits per heavy atom. The standard InChI is InChI=1S/C14H22N2O3/c1-10(15)12-5-4-6-13(9-12)19-11(2)14(17)16-7-8-18-3/h4-6,9-11H,7-8,15H2,1-3H3,(H,16,17)/t10-,11?/m0/s1. The van der Waals surface area contributed by atoms with E-state index in [4.69, 9.17) is 15.2 Å². The average molecular weight is 266 g/mol. The molecular weight excluding hydrogens is 244 g/mol. The summed E-state index contributed by atoms with van der Waals surface area (Å²) in [4.78, 5) is 11.7. The van der Waals surface area contributed by atoms with Crippen LogP contribution in [0.15, 0.2) is 24.3 Å². The summed E-state index contributed by atoms with van der Waals surface area (Å²) < 4.78 is 10.5. The number of nitrogens with one attached hydrogen (secondary N) is 1. The Morgan fingerprint density at radius 3 is 2.79 bits per heavy atom. The third-order valence-electron chi connectivity index (χ3n) is 2.67. The summed E-state index contributed by atoms with van der Waals surface area (Å²) in [6.45, 7) is 4.57. The number of hydrogen-bond acceptors (Lipinski definition) is 4. The molecule has 3 N–H and O–H groups in total. The van der Waals surface area contributed by atoms with Crippen LogP contribution in [0.25, 0.3) is 0 Å². The van der Waals surface area contributed by atoms with E-state index < -0.39 is 6.10 Å². The van der Waals surface area contributed by atoms with E-state index in [1.165, 1.54) is 0 Å². The molecule has 0 saturated carbocycles. The van der Waals surface area contributed by atoms with E-state index in [0.29, 0.717) is 18.9 Å². The highest BCUT2D eigenvalue weighted by Crippen LogP contribution is 2.18. The number of amides is 1. The summed E-state index contributed by atoms with van der Waals surface area (Å²) in [5.41, 5.74) is 6.78. The van der Waals surface area contributed by atoms with Crippen molar-refractivity contribution in [3.63, 3.8) is 0 Å². The molecule has 1 amide bonds. The van der Waals surface area contributed by atoms with Gasteiger partial charge in [0.25, 0.3) is 5.91 Å². The van der Waals surface area contributed by atoms with Crippen LogP contribution in [0.1, 0.15) is 25.5 Å². The van der Waals surface area contributed by atoms with Crippen molar-refractivity contribution in [2.75, 3.05) is 20.3 Å². The zero-order chi connectivity index (χ0) is 14.3. The van der Waals surface area contributed by atoms with Crippen molar-refractivity contribution in [3.05, 3.63) is 29.8 Å². The molecule has 0 radical (unpaired) electrons. The van der Waals surface area contributed by atoms with Gasteiger partial charge in [0, 0.05) is 19.7 Å². The fraction of sp³-hybridized carbons (Fsp3) is 0.500. The first-order chi connectivity index (χ1) is 9.04. The normalized spacial score (nSPS) is 13.7. The van der Waals surface area contributed by atoms with Gasteiger partial charge in [-0.2, -0.15) is 0 Å². The third kappa shape index (κ3) is 5.28. The van der Waals surface area contributed by atoms with Gasteiger partial charge >= 0.3 is 0 Å². The molecule has 1 aromatic rings. The predicted molar refractivity (Wildman–Crippen MR) is 74.0 cm³/mol. The molecule has 5 heteroatoms. The van der Waals surface area contributed by atoms with Crippen LogP contribution in [-0.2, 0) is 9.53 Å². The quantitative estimate of drug-likeness (QED) is 0.728. The lowest BCUT2D eigenvalue weighted by Crippen LogP contribution is -2.37. The Balaban J connectivity index is 2.53. The van der Waals surface area contributed by atoms with Crippen LogP contribution in [0.3, 0.4) is 0 Å².